The molecule has 4 aromatic rings. The van der Waals surface area contributed by atoms with E-state index in [4.69, 9.17) is 5.73 Å². The molecule has 1 nitrogen and oxygen atoms in total. The molecule has 1 heteroatoms. The highest BCUT2D eigenvalue weighted by atomic mass is 14.6. The van der Waals surface area contributed by atoms with E-state index in [0.717, 1.165) is 43.4 Å². The Balaban J connectivity index is 1.50. The van der Waals surface area contributed by atoms with Crippen molar-refractivity contribution >= 4 is 32.3 Å². The van der Waals surface area contributed by atoms with Crippen LogP contribution in [0.3, 0.4) is 0 Å². The van der Waals surface area contributed by atoms with Gasteiger partial charge >= 0.3 is 0 Å². The van der Waals surface area contributed by atoms with Crippen LogP contribution in [0.2, 0.25) is 0 Å². The Hall–Kier alpha value is -3.06. The Morgan fingerprint density at radius 3 is 2.35 bits per heavy atom. The van der Waals surface area contributed by atoms with Gasteiger partial charge in [-0.1, -0.05) is 87.5 Å². The Kier molecular flexibility index (Phi) is 5.06. The summed E-state index contributed by atoms with van der Waals surface area (Å²) in [5, 5.41) is 8.17. The van der Waals surface area contributed by atoms with Gasteiger partial charge in [0.2, 0.25) is 0 Å². The Morgan fingerprint density at radius 1 is 0.935 bits per heavy atom. The van der Waals surface area contributed by atoms with Crippen LogP contribution in [-0.2, 0) is 0 Å². The largest absolute Gasteiger partial charge is 0.398 e. The van der Waals surface area contributed by atoms with Gasteiger partial charge in [0.05, 0.1) is 0 Å². The van der Waals surface area contributed by atoms with Gasteiger partial charge in [0.25, 0.3) is 0 Å². The second-order valence-electron chi connectivity index (χ2n) is 9.12. The quantitative estimate of drug-likeness (QED) is 0.332. The number of hydrogen-bond acceptors (Lipinski definition) is 1. The minimum Gasteiger partial charge on any atom is -0.398 e. The summed E-state index contributed by atoms with van der Waals surface area (Å²) in [5.41, 5.74) is 12.6. The normalized spacial score (nSPS) is 17.5. The molecular weight excluding hydrogens is 374 g/mol. The monoisotopic (exact) mass is 405 g/mol. The number of nitrogens with two attached hydrogens (primary N) is 1. The number of benzene rings is 4. The van der Waals surface area contributed by atoms with E-state index < -0.39 is 0 Å². The molecule has 0 amide bonds. The molecule has 1 unspecified atom stereocenters. The summed E-state index contributed by atoms with van der Waals surface area (Å²) in [5.74, 6) is 0.437. The van der Waals surface area contributed by atoms with Crippen LogP contribution in [0.4, 0.5) is 0 Å². The van der Waals surface area contributed by atoms with Crippen molar-refractivity contribution in [1.29, 1.82) is 0 Å². The third kappa shape index (κ3) is 3.33. The first kappa shape index (κ1) is 19.9. The molecule has 0 heterocycles. The summed E-state index contributed by atoms with van der Waals surface area (Å²) in [6.07, 6.45) is 7.79. The van der Waals surface area contributed by atoms with Crippen LogP contribution in [0.1, 0.15) is 57.4 Å². The summed E-state index contributed by atoms with van der Waals surface area (Å²) >= 11 is 0. The maximum Gasteiger partial charge on any atom is 0.0376 e. The zero-order valence-electron chi connectivity index (χ0n) is 18.7. The molecule has 0 saturated heterocycles. The van der Waals surface area contributed by atoms with Crippen LogP contribution in [-0.4, -0.2) is 0 Å². The molecule has 0 aliphatic heterocycles. The van der Waals surface area contributed by atoms with E-state index in [1.807, 2.05) is 0 Å². The third-order valence-corrected chi connectivity index (χ3v) is 7.15. The zero-order chi connectivity index (χ0) is 21.5. The summed E-state index contributed by atoms with van der Waals surface area (Å²) in [6.45, 7) is 8.87. The fourth-order valence-corrected chi connectivity index (χ4v) is 5.38. The van der Waals surface area contributed by atoms with Crippen molar-refractivity contribution in [3.05, 3.63) is 95.2 Å². The first-order valence-corrected chi connectivity index (χ1v) is 11.6. The van der Waals surface area contributed by atoms with Crippen molar-refractivity contribution in [2.75, 3.05) is 0 Å². The lowest BCUT2D eigenvalue weighted by Gasteiger charge is -2.23. The standard InChI is InChI=1S/C30H31N/c1-4-6-25-14-11-21(20(3)30(25)31)10-9-19(2)26-17-15-24-13-12-22-7-5-8-23-16-18-27(26)29(24)28(22)23/h5,7-8,10,12-13,15-19H,3-4,6,9,11,14,31H2,1-2H3/b21-10-. The van der Waals surface area contributed by atoms with Crippen LogP contribution in [0, 0.1) is 0 Å². The van der Waals surface area contributed by atoms with E-state index in [9.17, 15) is 0 Å². The first-order valence-electron chi connectivity index (χ1n) is 11.6. The van der Waals surface area contributed by atoms with Crippen LogP contribution in [0.15, 0.2) is 89.7 Å². The molecule has 1 aliphatic rings. The van der Waals surface area contributed by atoms with Gasteiger partial charge in [-0.3, -0.25) is 0 Å². The van der Waals surface area contributed by atoms with Gasteiger partial charge in [0.1, 0.15) is 0 Å². The van der Waals surface area contributed by atoms with E-state index in [2.05, 4.69) is 81.1 Å². The highest BCUT2D eigenvalue weighted by Crippen LogP contribution is 2.39. The molecule has 1 aliphatic carbocycles. The molecule has 0 fully saturated rings. The fourth-order valence-electron chi connectivity index (χ4n) is 5.38. The van der Waals surface area contributed by atoms with Gasteiger partial charge < -0.3 is 5.73 Å². The molecule has 0 bridgehead atoms. The number of hydrogen-bond donors (Lipinski definition) is 1. The zero-order valence-corrected chi connectivity index (χ0v) is 18.7. The van der Waals surface area contributed by atoms with Gasteiger partial charge in [-0.2, -0.15) is 0 Å². The van der Waals surface area contributed by atoms with Gasteiger partial charge in [-0.25, -0.2) is 0 Å². The average molecular weight is 406 g/mol. The number of rotatable bonds is 5. The van der Waals surface area contributed by atoms with Gasteiger partial charge in [-0.05, 0) is 86.2 Å². The molecule has 156 valence electrons. The van der Waals surface area contributed by atoms with Crippen LogP contribution in [0.25, 0.3) is 32.3 Å². The summed E-state index contributed by atoms with van der Waals surface area (Å²) in [4.78, 5) is 0. The predicted molar refractivity (Wildman–Crippen MR) is 136 cm³/mol. The second kappa shape index (κ2) is 7.89. The molecule has 1 atom stereocenters. The van der Waals surface area contributed by atoms with Gasteiger partial charge in [-0.15, -0.1) is 0 Å². The third-order valence-electron chi connectivity index (χ3n) is 7.15. The maximum atomic E-state index is 6.41. The molecule has 4 aromatic carbocycles. The topological polar surface area (TPSA) is 26.0 Å². The van der Waals surface area contributed by atoms with E-state index in [1.165, 1.54) is 49.0 Å². The van der Waals surface area contributed by atoms with Crippen molar-refractivity contribution in [2.24, 2.45) is 5.73 Å². The summed E-state index contributed by atoms with van der Waals surface area (Å²) < 4.78 is 0. The highest BCUT2D eigenvalue weighted by Gasteiger charge is 2.18. The van der Waals surface area contributed by atoms with Gasteiger partial charge in [0, 0.05) is 5.70 Å². The lowest BCUT2D eigenvalue weighted by molar-refractivity contribution is 0.755. The summed E-state index contributed by atoms with van der Waals surface area (Å²) in [6, 6.07) is 20.3. The lowest BCUT2D eigenvalue weighted by Crippen LogP contribution is -2.12. The Labute approximate surface area is 185 Å². The van der Waals surface area contributed by atoms with E-state index in [0.29, 0.717) is 5.92 Å². The molecule has 0 aromatic heterocycles. The van der Waals surface area contributed by atoms with Crippen LogP contribution in [0.5, 0.6) is 0 Å². The second-order valence-corrected chi connectivity index (χ2v) is 9.12. The van der Waals surface area contributed by atoms with Crippen molar-refractivity contribution in [3.8, 4) is 0 Å². The van der Waals surface area contributed by atoms with E-state index in [-0.39, 0.29) is 0 Å². The minimum atomic E-state index is 0.437. The van der Waals surface area contributed by atoms with E-state index in [1.54, 1.807) is 0 Å². The van der Waals surface area contributed by atoms with Crippen LogP contribution >= 0.6 is 0 Å². The average Bonchev–Trinajstić information content (AvgIpc) is 2.80. The number of allylic oxidation sites excluding steroid dienone is 3. The smallest absolute Gasteiger partial charge is 0.0376 e. The minimum absolute atomic E-state index is 0.437. The molecular formula is C30H31N. The maximum absolute atomic E-state index is 6.41. The van der Waals surface area contributed by atoms with Crippen molar-refractivity contribution in [1.82, 2.24) is 0 Å². The molecule has 5 rings (SSSR count). The first-order chi connectivity index (χ1) is 15.1. The molecule has 0 radical (unpaired) electrons. The molecule has 0 spiro atoms. The lowest BCUT2D eigenvalue weighted by atomic mass is 9.84. The van der Waals surface area contributed by atoms with Crippen LogP contribution < -0.4 is 5.73 Å². The fraction of sp³-hybridized carbons (Fsp3) is 0.267. The van der Waals surface area contributed by atoms with Crippen molar-refractivity contribution < 1.29 is 0 Å². The summed E-state index contributed by atoms with van der Waals surface area (Å²) in [7, 11) is 0. The predicted octanol–water partition coefficient (Wildman–Crippen LogP) is 8.37. The van der Waals surface area contributed by atoms with E-state index >= 15 is 0 Å². The van der Waals surface area contributed by atoms with Crippen molar-refractivity contribution in [3.63, 3.8) is 0 Å². The SMILES string of the molecule is C=C1C(N)=C(CCC)CC/C1=C/CC(C)c1ccc2ccc3cccc4ccc1c2c34. The Morgan fingerprint density at radius 2 is 1.61 bits per heavy atom. The molecule has 31 heavy (non-hydrogen) atoms. The molecule has 2 N–H and O–H groups in total. The highest BCUT2D eigenvalue weighted by molar-refractivity contribution is 6.23. The van der Waals surface area contributed by atoms with Gasteiger partial charge in [0.15, 0.2) is 0 Å². The van der Waals surface area contributed by atoms with Crippen molar-refractivity contribution in [2.45, 2.75) is 51.9 Å². The Bertz CT molecular complexity index is 1340. The molecule has 0 saturated carbocycles.